The summed E-state index contributed by atoms with van der Waals surface area (Å²) in [5, 5.41) is 0. The first-order valence-corrected chi connectivity index (χ1v) is 4.01. The molecule has 0 aromatic rings. The number of carbonyl (C=O) groups is 1. The molecule has 0 N–H and O–H groups in total. The maximum Gasteiger partial charge on any atom is 0.156 e. The van der Waals surface area contributed by atoms with Gasteiger partial charge in [-0.2, -0.15) is 0 Å². The van der Waals surface area contributed by atoms with Gasteiger partial charge in [-0.05, 0) is 31.8 Å². The zero-order chi connectivity index (χ0) is 8.43. The van der Waals surface area contributed by atoms with E-state index in [-0.39, 0.29) is 5.78 Å². The molecule has 0 saturated carbocycles. The van der Waals surface area contributed by atoms with Crippen molar-refractivity contribution < 1.29 is 4.79 Å². The Morgan fingerprint density at radius 3 is 2.64 bits per heavy atom. The van der Waals surface area contributed by atoms with Gasteiger partial charge < -0.3 is 0 Å². The van der Waals surface area contributed by atoms with E-state index in [1.54, 1.807) is 6.92 Å². The van der Waals surface area contributed by atoms with Crippen LogP contribution in [0.15, 0.2) is 23.3 Å². The fourth-order valence-electron chi connectivity index (χ4n) is 1.67. The first-order chi connectivity index (χ1) is 5.13. The van der Waals surface area contributed by atoms with Crippen LogP contribution in [0.5, 0.6) is 0 Å². The van der Waals surface area contributed by atoms with Crippen molar-refractivity contribution >= 4 is 5.78 Å². The quantitative estimate of drug-likeness (QED) is 0.561. The minimum atomic E-state index is 0.222. The second kappa shape index (κ2) is 3.04. The smallest absolute Gasteiger partial charge is 0.156 e. The van der Waals surface area contributed by atoms with Crippen molar-refractivity contribution in [3.63, 3.8) is 0 Å². The molecule has 0 bridgehead atoms. The molecule has 11 heavy (non-hydrogen) atoms. The predicted octanol–water partition coefficient (Wildman–Crippen LogP) is 2.49. The molecule has 0 heterocycles. The zero-order valence-electron chi connectivity index (χ0n) is 7.35. The number of ketones is 1. The van der Waals surface area contributed by atoms with Gasteiger partial charge in [0.25, 0.3) is 0 Å². The Morgan fingerprint density at radius 2 is 2.27 bits per heavy atom. The van der Waals surface area contributed by atoms with Crippen LogP contribution in [0.2, 0.25) is 0 Å². The highest BCUT2D eigenvalue weighted by atomic mass is 16.1. The van der Waals surface area contributed by atoms with Gasteiger partial charge in [0, 0.05) is 5.57 Å². The average molecular weight is 150 g/mol. The Bertz CT molecular complexity index is 233. The zero-order valence-corrected chi connectivity index (χ0v) is 7.35. The summed E-state index contributed by atoms with van der Waals surface area (Å²) in [5.41, 5.74) is 2.14. The van der Waals surface area contributed by atoms with E-state index in [9.17, 15) is 4.79 Å². The second-order valence-electron chi connectivity index (χ2n) is 3.19. The normalized spacial score (nSPS) is 24.1. The molecule has 0 spiro atoms. The van der Waals surface area contributed by atoms with Crippen molar-refractivity contribution in [2.75, 3.05) is 0 Å². The Kier molecular flexibility index (Phi) is 2.28. The van der Waals surface area contributed by atoms with E-state index in [0.29, 0.717) is 5.92 Å². The molecular formula is C10H14O. The Morgan fingerprint density at radius 1 is 1.64 bits per heavy atom. The third-order valence-corrected chi connectivity index (χ3v) is 2.15. The van der Waals surface area contributed by atoms with Crippen molar-refractivity contribution in [3.05, 3.63) is 23.3 Å². The molecule has 1 aliphatic carbocycles. The van der Waals surface area contributed by atoms with E-state index < -0.39 is 0 Å². The molecule has 1 nitrogen and oxygen atoms in total. The Labute approximate surface area is 67.8 Å². The first-order valence-electron chi connectivity index (χ1n) is 4.01. The molecule has 0 saturated heterocycles. The lowest BCUT2D eigenvalue weighted by atomic mass is 9.87. The number of carbonyl (C=O) groups excluding carboxylic acids is 1. The third-order valence-electron chi connectivity index (χ3n) is 2.15. The molecule has 0 amide bonds. The maximum atomic E-state index is 11.1. The highest BCUT2D eigenvalue weighted by molar-refractivity contribution is 5.95. The summed E-state index contributed by atoms with van der Waals surface area (Å²) >= 11 is 0. The summed E-state index contributed by atoms with van der Waals surface area (Å²) in [4.78, 5) is 11.1. The van der Waals surface area contributed by atoms with Crippen LogP contribution >= 0.6 is 0 Å². The Balaban J connectivity index is 3.01. The number of Topliss-reactive ketones (excluding diaryl/α,β-unsaturated/α-hetero) is 1. The second-order valence-corrected chi connectivity index (χ2v) is 3.19. The van der Waals surface area contributed by atoms with Crippen molar-refractivity contribution in [1.82, 2.24) is 0 Å². The molecule has 0 radical (unpaired) electrons. The maximum absolute atomic E-state index is 11.1. The summed E-state index contributed by atoms with van der Waals surface area (Å²) < 4.78 is 0. The number of hydrogen-bond acceptors (Lipinski definition) is 1. The van der Waals surface area contributed by atoms with Crippen molar-refractivity contribution in [3.8, 4) is 0 Å². The summed E-state index contributed by atoms with van der Waals surface area (Å²) in [6.07, 6.45) is 5.18. The minimum absolute atomic E-state index is 0.222. The summed E-state index contributed by atoms with van der Waals surface area (Å²) in [5.74, 6) is 0.636. The molecule has 0 aromatic carbocycles. The monoisotopic (exact) mass is 150 g/mol. The number of hydrogen-bond donors (Lipinski definition) is 0. The Hall–Kier alpha value is -0.850. The standard InChI is InChI=1S/C10H14O/c1-7-5-4-6-8(2)10(7)9(3)11/h4-5,8H,6H2,1-3H3. The fraction of sp³-hybridized carbons (Fsp3) is 0.500. The molecular weight excluding hydrogens is 136 g/mol. The first kappa shape index (κ1) is 8.25. The van der Waals surface area contributed by atoms with Crippen LogP contribution in [-0.4, -0.2) is 5.78 Å². The molecule has 0 fully saturated rings. The molecule has 0 aromatic heterocycles. The minimum Gasteiger partial charge on any atom is -0.295 e. The fourth-order valence-corrected chi connectivity index (χ4v) is 1.67. The van der Waals surface area contributed by atoms with Gasteiger partial charge in [0.15, 0.2) is 5.78 Å². The van der Waals surface area contributed by atoms with Gasteiger partial charge in [-0.1, -0.05) is 19.1 Å². The number of rotatable bonds is 1. The largest absolute Gasteiger partial charge is 0.295 e. The van der Waals surface area contributed by atoms with Crippen molar-refractivity contribution in [2.45, 2.75) is 27.2 Å². The van der Waals surface area contributed by atoms with E-state index in [2.05, 4.69) is 13.0 Å². The van der Waals surface area contributed by atoms with Gasteiger partial charge in [0.1, 0.15) is 0 Å². The lowest BCUT2D eigenvalue weighted by Gasteiger charge is -2.17. The van der Waals surface area contributed by atoms with E-state index >= 15 is 0 Å². The summed E-state index contributed by atoms with van der Waals surface area (Å²) in [6.45, 7) is 5.75. The average Bonchev–Trinajstić information content (AvgIpc) is 1.85. The molecule has 1 unspecified atom stereocenters. The van der Waals surface area contributed by atoms with Gasteiger partial charge >= 0.3 is 0 Å². The highest BCUT2D eigenvalue weighted by Crippen LogP contribution is 2.24. The SMILES string of the molecule is CC(=O)C1=C(C)C=CCC1C. The summed E-state index contributed by atoms with van der Waals surface area (Å²) in [6, 6.07) is 0. The van der Waals surface area contributed by atoms with Crippen LogP contribution in [0.25, 0.3) is 0 Å². The van der Waals surface area contributed by atoms with Gasteiger partial charge in [0.05, 0.1) is 0 Å². The molecule has 1 aliphatic rings. The van der Waals surface area contributed by atoms with Crippen LogP contribution in [0.4, 0.5) is 0 Å². The van der Waals surface area contributed by atoms with Crippen LogP contribution in [-0.2, 0) is 4.79 Å². The molecule has 60 valence electrons. The van der Waals surface area contributed by atoms with E-state index in [1.165, 1.54) is 0 Å². The molecule has 1 rings (SSSR count). The van der Waals surface area contributed by atoms with Gasteiger partial charge in [-0.15, -0.1) is 0 Å². The topological polar surface area (TPSA) is 17.1 Å². The lowest BCUT2D eigenvalue weighted by molar-refractivity contribution is -0.114. The van der Waals surface area contributed by atoms with Crippen LogP contribution in [0, 0.1) is 5.92 Å². The van der Waals surface area contributed by atoms with E-state index in [4.69, 9.17) is 0 Å². The summed E-state index contributed by atoms with van der Waals surface area (Å²) in [7, 11) is 0. The van der Waals surface area contributed by atoms with E-state index in [0.717, 1.165) is 17.6 Å². The van der Waals surface area contributed by atoms with Gasteiger partial charge in [0.2, 0.25) is 0 Å². The lowest BCUT2D eigenvalue weighted by Crippen LogP contribution is -2.11. The molecule has 0 aliphatic heterocycles. The van der Waals surface area contributed by atoms with Crippen LogP contribution in [0.1, 0.15) is 27.2 Å². The van der Waals surface area contributed by atoms with Gasteiger partial charge in [-0.25, -0.2) is 0 Å². The molecule has 1 heteroatoms. The predicted molar refractivity (Wildman–Crippen MR) is 46.3 cm³/mol. The van der Waals surface area contributed by atoms with Crippen LogP contribution in [0.3, 0.4) is 0 Å². The van der Waals surface area contributed by atoms with Crippen molar-refractivity contribution in [2.24, 2.45) is 5.92 Å². The third kappa shape index (κ3) is 1.59. The highest BCUT2D eigenvalue weighted by Gasteiger charge is 2.16. The number of allylic oxidation sites excluding steroid dienone is 4. The molecule has 1 atom stereocenters. The van der Waals surface area contributed by atoms with Gasteiger partial charge in [-0.3, -0.25) is 4.79 Å². The van der Waals surface area contributed by atoms with E-state index in [1.807, 2.05) is 13.0 Å². The van der Waals surface area contributed by atoms with Crippen molar-refractivity contribution in [1.29, 1.82) is 0 Å². The van der Waals surface area contributed by atoms with Crippen LogP contribution < -0.4 is 0 Å².